The fourth-order valence-corrected chi connectivity index (χ4v) is 4.84. The number of benzene rings is 1. The Labute approximate surface area is 123 Å². The Bertz CT molecular complexity index is 502. The normalized spacial score (nSPS) is 26.2. The first kappa shape index (κ1) is 14.3. The third kappa shape index (κ3) is 2.72. The zero-order valence-electron chi connectivity index (χ0n) is 10.6. The lowest BCUT2D eigenvalue weighted by atomic mass is 10.0. The van der Waals surface area contributed by atoms with Gasteiger partial charge in [0.2, 0.25) is 10.0 Å². The maximum atomic E-state index is 12.6. The van der Waals surface area contributed by atoms with Crippen molar-refractivity contribution in [3.8, 4) is 0 Å². The van der Waals surface area contributed by atoms with Gasteiger partial charge < -0.3 is 0 Å². The van der Waals surface area contributed by atoms with Gasteiger partial charge in [0.15, 0.2) is 0 Å². The molecule has 0 N–H and O–H groups in total. The molecule has 2 atom stereocenters. The third-order valence-electron chi connectivity index (χ3n) is 3.50. The van der Waals surface area contributed by atoms with E-state index in [-0.39, 0.29) is 12.1 Å². The van der Waals surface area contributed by atoms with Crippen molar-refractivity contribution in [2.24, 2.45) is 0 Å². The Kier molecular flexibility index (Phi) is 4.33. The van der Waals surface area contributed by atoms with Gasteiger partial charge >= 0.3 is 0 Å². The molecule has 3 nitrogen and oxygen atoms in total. The van der Waals surface area contributed by atoms with Crippen LogP contribution in [0.2, 0.25) is 0 Å². The van der Waals surface area contributed by atoms with Gasteiger partial charge in [0.1, 0.15) is 0 Å². The highest BCUT2D eigenvalue weighted by Gasteiger charge is 2.35. The van der Waals surface area contributed by atoms with Crippen LogP contribution in [0.15, 0.2) is 29.2 Å². The Balaban J connectivity index is 2.38. The Morgan fingerprint density at radius 1 is 1.11 bits per heavy atom. The van der Waals surface area contributed by atoms with Crippen LogP contribution in [0.3, 0.4) is 0 Å². The molecular formula is C13H18INO2S. The molecule has 1 aromatic carbocycles. The van der Waals surface area contributed by atoms with Crippen LogP contribution in [0, 0.1) is 3.57 Å². The number of halogens is 1. The van der Waals surface area contributed by atoms with Crippen LogP contribution < -0.4 is 0 Å². The van der Waals surface area contributed by atoms with E-state index in [9.17, 15) is 8.42 Å². The quantitative estimate of drug-likeness (QED) is 0.740. The number of piperidine rings is 1. The summed E-state index contributed by atoms with van der Waals surface area (Å²) in [5.74, 6) is 0. The van der Waals surface area contributed by atoms with Crippen molar-refractivity contribution in [2.75, 3.05) is 0 Å². The molecule has 1 aliphatic rings. The van der Waals surface area contributed by atoms with Gasteiger partial charge in [-0.2, -0.15) is 4.31 Å². The number of nitrogens with zero attached hydrogens (tertiary/aromatic N) is 1. The largest absolute Gasteiger partial charge is 0.243 e. The molecule has 1 saturated heterocycles. The van der Waals surface area contributed by atoms with E-state index in [1.54, 1.807) is 16.4 Å². The van der Waals surface area contributed by atoms with E-state index in [4.69, 9.17) is 0 Å². The summed E-state index contributed by atoms with van der Waals surface area (Å²) in [5, 5.41) is 0. The van der Waals surface area contributed by atoms with Gasteiger partial charge in [0.05, 0.1) is 4.90 Å². The van der Waals surface area contributed by atoms with Crippen molar-refractivity contribution >= 4 is 32.6 Å². The van der Waals surface area contributed by atoms with Gasteiger partial charge in [-0.25, -0.2) is 8.42 Å². The van der Waals surface area contributed by atoms with Crippen molar-refractivity contribution in [2.45, 2.75) is 50.1 Å². The van der Waals surface area contributed by atoms with Gasteiger partial charge in [-0.1, -0.05) is 6.42 Å². The van der Waals surface area contributed by atoms with Crippen molar-refractivity contribution in [3.63, 3.8) is 0 Å². The standard InChI is InChI=1S/C13H18INO2S/c1-10-4-3-5-11(2)15(10)18(16,17)13-8-6-12(14)7-9-13/h6-11H,3-5H2,1-2H3/t10-,11-/m0/s1. The van der Waals surface area contributed by atoms with Crippen molar-refractivity contribution in [1.82, 2.24) is 4.31 Å². The fraction of sp³-hybridized carbons (Fsp3) is 0.538. The van der Waals surface area contributed by atoms with Gasteiger partial charge in [-0.05, 0) is 73.5 Å². The monoisotopic (exact) mass is 379 g/mol. The molecule has 5 heteroatoms. The van der Waals surface area contributed by atoms with E-state index >= 15 is 0 Å². The van der Waals surface area contributed by atoms with E-state index in [1.165, 1.54) is 0 Å². The molecule has 1 heterocycles. The molecule has 1 aromatic rings. The fourth-order valence-electron chi connectivity index (χ4n) is 2.60. The van der Waals surface area contributed by atoms with Gasteiger partial charge in [0.25, 0.3) is 0 Å². The minimum atomic E-state index is -3.35. The molecule has 0 saturated carbocycles. The highest BCUT2D eigenvalue weighted by molar-refractivity contribution is 14.1. The van der Waals surface area contributed by atoms with Crippen LogP contribution in [-0.2, 0) is 10.0 Å². The molecule has 0 radical (unpaired) electrons. The molecular weight excluding hydrogens is 361 g/mol. The number of sulfonamides is 1. The summed E-state index contributed by atoms with van der Waals surface area (Å²) in [5.41, 5.74) is 0. The van der Waals surface area contributed by atoms with Crippen LogP contribution >= 0.6 is 22.6 Å². The predicted molar refractivity (Wildman–Crippen MR) is 81.0 cm³/mol. The lowest BCUT2D eigenvalue weighted by Crippen LogP contribution is -2.47. The summed E-state index contributed by atoms with van der Waals surface area (Å²) in [6, 6.07) is 7.27. The molecule has 0 aliphatic carbocycles. The van der Waals surface area contributed by atoms with E-state index in [0.29, 0.717) is 4.90 Å². The second kappa shape index (κ2) is 5.46. The van der Waals surface area contributed by atoms with Crippen LogP contribution in [0.5, 0.6) is 0 Å². The van der Waals surface area contributed by atoms with E-state index in [0.717, 1.165) is 22.8 Å². The zero-order chi connectivity index (χ0) is 13.3. The van der Waals surface area contributed by atoms with Crippen molar-refractivity contribution in [1.29, 1.82) is 0 Å². The molecule has 18 heavy (non-hydrogen) atoms. The number of hydrogen-bond donors (Lipinski definition) is 0. The van der Waals surface area contributed by atoms with E-state index < -0.39 is 10.0 Å². The van der Waals surface area contributed by atoms with Gasteiger partial charge in [-0.15, -0.1) is 0 Å². The number of hydrogen-bond acceptors (Lipinski definition) is 2. The molecule has 0 bridgehead atoms. The Morgan fingerprint density at radius 2 is 1.61 bits per heavy atom. The van der Waals surface area contributed by atoms with E-state index in [1.807, 2.05) is 26.0 Å². The third-order valence-corrected chi connectivity index (χ3v) is 6.36. The second-order valence-electron chi connectivity index (χ2n) is 4.92. The second-order valence-corrected chi connectivity index (χ2v) is 8.01. The van der Waals surface area contributed by atoms with Gasteiger partial charge in [0, 0.05) is 15.7 Å². The topological polar surface area (TPSA) is 37.4 Å². The smallest absolute Gasteiger partial charge is 0.207 e. The summed E-state index contributed by atoms with van der Waals surface area (Å²) in [6.07, 6.45) is 3.02. The minimum absolute atomic E-state index is 0.0954. The minimum Gasteiger partial charge on any atom is -0.207 e. The summed E-state index contributed by atoms with van der Waals surface area (Å²) < 4.78 is 28.0. The lowest BCUT2D eigenvalue weighted by Gasteiger charge is -2.37. The summed E-state index contributed by atoms with van der Waals surface area (Å²) in [4.78, 5) is 0.406. The van der Waals surface area contributed by atoms with Crippen LogP contribution in [0.1, 0.15) is 33.1 Å². The summed E-state index contributed by atoms with van der Waals surface area (Å²) in [7, 11) is -3.35. The average Bonchev–Trinajstić information content (AvgIpc) is 2.29. The molecule has 1 aliphatic heterocycles. The molecule has 100 valence electrons. The molecule has 1 fully saturated rings. The van der Waals surface area contributed by atoms with Crippen LogP contribution in [-0.4, -0.2) is 24.8 Å². The number of rotatable bonds is 2. The molecule has 0 spiro atoms. The first-order valence-corrected chi connectivity index (χ1v) is 8.74. The summed E-state index contributed by atoms with van der Waals surface area (Å²) >= 11 is 2.18. The van der Waals surface area contributed by atoms with Gasteiger partial charge in [-0.3, -0.25) is 0 Å². The Hall–Kier alpha value is -0.140. The lowest BCUT2D eigenvalue weighted by molar-refractivity contribution is 0.204. The van der Waals surface area contributed by atoms with Crippen LogP contribution in [0.4, 0.5) is 0 Å². The molecule has 0 unspecified atom stereocenters. The molecule has 2 rings (SSSR count). The zero-order valence-corrected chi connectivity index (χ0v) is 13.6. The first-order valence-electron chi connectivity index (χ1n) is 6.22. The SMILES string of the molecule is C[C@H]1CCC[C@H](C)N1S(=O)(=O)c1ccc(I)cc1. The average molecular weight is 379 g/mol. The maximum absolute atomic E-state index is 12.6. The molecule has 0 amide bonds. The van der Waals surface area contributed by atoms with Crippen LogP contribution in [0.25, 0.3) is 0 Å². The van der Waals surface area contributed by atoms with Crippen molar-refractivity contribution < 1.29 is 8.42 Å². The van der Waals surface area contributed by atoms with E-state index in [2.05, 4.69) is 22.6 Å². The first-order chi connectivity index (χ1) is 8.43. The molecule has 0 aromatic heterocycles. The summed E-state index contributed by atoms with van der Waals surface area (Å²) in [6.45, 7) is 4.00. The van der Waals surface area contributed by atoms with Crippen molar-refractivity contribution in [3.05, 3.63) is 27.8 Å². The highest BCUT2D eigenvalue weighted by Crippen LogP contribution is 2.29. The Morgan fingerprint density at radius 3 is 2.11 bits per heavy atom. The predicted octanol–water partition coefficient (Wildman–Crippen LogP) is 3.24. The maximum Gasteiger partial charge on any atom is 0.243 e. The highest BCUT2D eigenvalue weighted by atomic mass is 127.